The first-order chi connectivity index (χ1) is 15.0. The van der Waals surface area contributed by atoms with E-state index in [0.717, 1.165) is 50.4 Å². The molecule has 0 unspecified atom stereocenters. The van der Waals surface area contributed by atoms with Crippen molar-refractivity contribution in [3.63, 3.8) is 0 Å². The van der Waals surface area contributed by atoms with Gasteiger partial charge >= 0.3 is 0 Å². The Labute approximate surface area is 183 Å². The lowest BCUT2D eigenvalue weighted by Crippen LogP contribution is -2.45. The molecule has 9 heteroatoms. The summed E-state index contributed by atoms with van der Waals surface area (Å²) >= 11 is 0. The Morgan fingerprint density at radius 3 is 2.58 bits per heavy atom. The Kier molecular flexibility index (Phi) is 5.47. The molecule has 0 bridgehead atoms. The zero-order chi connectivity index (χ0) is 21.4. The van der Waals surface area contributed by atoms with E-state index in [4.69, 9.17) is 14.5 Å². The second-order valence-corrected chi connectivity index (χ2v) is 10.1. The maximum atomic E-state index is 12.9. The summed E-state index contributed by atoms with van der Waals surface area (Å²) in [6.07, 6.45) is 5.90. The quantitative estimate of drug-likeness (QED) is 0.774. The summed E-state index contributed by atoms with van der Waals surface area (Å²) in [4.78, 5) is 11.9. The minimum absolute atomic E-state index is 0.104. The predicted molar refractivity (Wildman–Crippen MR) is 116 cm³/mol. The van der Waals surface area contributed by atoms with Gasteiger partial charge in [-0.05, 0) is 57.6 Å². The number of nitrogens with zero attached hydrogens (tertiary/aromatic N) is 3. The van der Waals surface area contributed by atoms with E-state index in [0.29, 0.717) is 24.7 Å². The Hall–Kier alpha value is -2.39. The number of anilines is 1. The molecule has 0 saturated carbocycles. The molecule has 8 nitrogen and oxygen atoms in total. The number of nitrogens with one attached hydrogen (secondary N) is 1. The van der Waals surface area contributed by atoms with Crippen LogP contribution in [0.4, 0.5) is 5.82 Å². The van der Waals surface area contributed by atoms with Crippen LogP contribution in [0.5, 0.6) is 11.5 Å². The van der Waals surface area contributed by atoms with Gasteiger partial charge in [-0.15, -0.1) is 0 Å². The van der Waals surface area contributed by atoms with Crippen molar-refractivity contribution >= 4 is 15.8 Å². The largest absolute Gasteiger partial charge is 0.486 e. The van der Waals surface area contributed by atoms with Gasteiger partial charge in [-0.1, -0.05) is 0 Å². The summed E-state index contributed by atoms with van der Waals surface area (Å²) in [5.74, 6) is 2.93. The first-order valence-corrected chi connectivity index (χ1v) is 12.5. The molecule has 0 spiro atoms. The molecule has 1 N–H and O–H groups in total. The number of benzene rings is 1. The highest BCUT2D eigenvalue weighted by Crippen LogP contribution is 2.33. The van der Waals surface area contributed by atoms with Crippen molar-refractivity contribution < 1.29 is 17.9 Å². The van der Waals surface area contributed by atoms with Crippen molar-refractivity contribution in [1.82, 2.24) is 14.7 Å². The van der Waals surface area contributed by atoms with Crippen LogP contribution in [0, 0.1) is 6.92 Å². The highest BCUT2D eigenvalue weighted by molar-refractivity contribution is 7.89. The van der Waals surface area contributed by atoms with Crippen molar-refractivity contribution in [2.24, 2.45) is 0 Å². The number of fused-ring (bicyclic) bond motifs is 2. The third-order valence-corrected chi connectivity index (χ3v) is 7.73. The molecule has 31 heavy (non-hydrogen) atoms. The van der Waals surface area contributed by atoms with Crippen molar-refractivity contribution in [3.05, 3.63) is 35.3 Å². The molecule has 0 atom stereocenters. The Balaban J connectivity index is 1.27. The second-order valence-electron chi connectivity index (χ2n) is 8.41. The number of rotatable bonds is 4. The van der Waals surface area contributed by atoms with Crippen molar-refractivity contribution in [2.45, 2.75) is 56.4 Å². The van der Waals surface area contributed by atoms with Crippen LogP contribution in [0.1, 0.15) is 42.8 Å². The highest BCUT2D eigenvalue weighted by Gasteiger charge is 2.28. The van der Waals surface area contributed by atoms with Gasteiger partial charge in [-0.3, -0.25) is 0 Å². The molecule has 3 aliphatic rings. The van der Waals surface area contributed by atoms with Crippen LogP contribution in [-0.4, -0.2) is 50.7 Å². The van der Waals surface area contributed by atoms with Crippen LogP contribution in [0.2, 0.25) is 0 Å². The lowest BCUT2D eigenvalue weighted by atomic mass is 9.95. The number of piperidine rings is 1. The molecule has 2 aliphatic heterocycles. The molecule has 3 heterocycles. The van der Waals surface area contributed by atoms with Gasteiger partial charge in [0.1, 0.15) is 24.9 Å². The second kappa shape index (κ2) is 8.27. The first-order valence-electron chi connectivity index (χ1n) is 11.0. The van der Waals surface area contributed by atoms with Gasteiger partial charge in [-0.2, -0.15) is 0 Å². The van der Waals surface area contributed by atoms with E-state index in [1.165, 1.54) is 24.1 Å². The smallest absolute Gasteiger partial charge is 0.240 e. The fourth-order valence-electron chi connectivity index (χ4n) is 4.64. The van der Waals surface area contributed by atoms with E-state index >= 15 is 0 Å². The van der Waals surface area contributed by atoms with Crippen LogP contribution < -0.4 is 19.1 Å². The van der Waals surface area contributed by atoms with Crippen LogP contribution in [0.3, 0.4) is 0 Å². The van der Waals surface area contributed by atoms with Gasteiger partial charge in [0.15, 0.2) is 11.5 Å². The minimum Gasteiger partial charge on any atom is -0.486 e. The zero-order valence-electron chi connectivity index (χ0n) is 17.8. The Bertz CT molecular complexity index is 1080. The third-order valence-electron chi connectivity index (χ3n) is 6.21. The molecule has 166 valence electrons. The molecule has 1 saturated heterocycles. The molecule has 1 fully saturated rings. The Morgan fingerprint density at radius 1 is 1.03 bits per heavy atom. The number of hydrogen-bond acceptors (Lipinski definition) is 7. The van der Waals surface area contributed by atoms with E-state index in [2.05, 4.69) is 14.6 Å². The summed E-state index contributed by atoms with van der Waals surface area (Å²) in [6.45, 7) is 4.40. The van der Waals surface area contributed by atoms with Gasteiger partial charge in [0.25, 0.3) is 0 Å². The summed E-state index contributed by atoms with van der Waals surface area (Å²) < 4.78 is 39.8. The normalized spacial score (nSPS) is 19.2. The molecule has 1 aromatic heterocycles. The van der Waals surface area contributed by atoms with Gasteiger partial charge in [0, 0.05) is 36.5 Å². The van der Waals surface area contributed by atoms with Crippen molar-refractivity contribution in [2.75, 3.05) is 31.2 Å². The Morgan fingerprint density at radius 2 is 1.77 bits per heavy atom. The standard InChI is InChI=1S/C22H28N4O4S/c1-15-23-19-5-3-2-4-18(19)22(24-15)26-10-8-16(9-11-26)25-31(27,28)17-6-7-20-21(14-17)30-13-12-29-20/h6-7,14,16,25H,2-5,8-13H2,1H3. The van der Waals surface area contributed by atoms with Gasteiger partial charge in [-0.25, -0.2) is 23.1 Å². The summed E-state index contributed by atoms with van der Waals surface area (Å²) in [7, 11) is -3.63. The van der Waals surface area contributed by atoms with Crippen molar-refractivity contribution in [1.29, 1.82) is 0 Å². The predicted octanol–water partition coefficient (Wildman–Crippen LogP) is 2.38. The van der Waals surface area contributed by atoms with E-state index in [1.54, 1.807) is 18.2 Å². The van der Waals surface area contributed by atoms with E-state index in [-0.39, 0.29) is 10.9 Å². The first kappa shape index (κ1) is 20.5. The van der Waals surface area contributed by atoms with E-state index in [1.807, 2.05) is 6.92 Å². The van der Waals surface area contributed by atoms with E-state index < -0.39 is 10.0 Å². The zero-order valence-corrected chi connectivity index (χ0v) is 18.6. The van der Waals surface area contributed by atoms with Crippen LogP contribution >= 0.6 is 0 Å². The maximum Gasteiger partial charge on any atom is 0.240 e. The SMILES string of the molecule is Cc1nc2c(c(N3CCC(NS(=O)(=O)c4ccc5c(c4)OCCO5)CC3)n1)CCCC2. The molecule has 0 amide bonds. The van der Waals surface area contributed by atoms with E-state index in [9.17, 15) is 8.42 Å². The number of aryl methyl sites for hydroxylation is 2. The highest BCUT2D eigenvalue weighted by atomic mass is 32.2. The average Bonchev–Trinajstić information content (AvgIpc) is 2.78. The maximum absolute atomic E-state index is 12.9. The van der Waals surface area contributed by atoms with Crippen LogP contribution in [-0.2, 0) is 22.9 Å². The van der Waals surface area contributed by atoms with Gasteiger partial charge in [0.05, 0.1) is 4.90 Å². The molecule has 0 radical (unpaired) electrons. The van der Waals surface area contributed by atoms with Gasteiger partial charge in [0.2, 0.25) is 10.0 Å². The summed E-state index contributed by atoms with van der Waals surface area (Å²) in [5, 5.41) is 0. The molecule has 1 aromatic carbocycles. The van der Waals surface area contributed by atoms with Crippen LogP contribution in [0.25, 0.3) is 0 Å². The number of sulfonamides is 1. The topological polar surface area (TPSA) is 93.7 Å². The summed E-state index contributed by atoms with van der Waals surface area (Å²) in [5.41, 5.74) is 2.47. The average molecular weight is 445 g/mol. The fraction of sp³-hybridized carbons (Fsp3) is 0.545. The molecule has 5 rings (SSSR count). The lowest BCUT2D eigenvalue weighted by Gasteiger charge is -2.35. The number of ether oxygens (including phenoxy) is 2. The van der Waals surface area contributed by atoms with Crippen LogP contribution in [0.15, 0.2) is 23.1 Å². The number of hydrogen-bond donors (Lipinski definition) is 1. The molecular weight excluding hydrogens is 416 g/mol. The van der Waals surface area contributed by atoms with Gasteiger partial charge < -0.3 is 14.4 Å². The lowest BCUT2D eigenvalue weighted by molar-refractivity contribution is 0.171. The monoisotopic (exact) mass is 444 g/mol. The van der Waals surface area contributed by atoms with Crippen molar-refractivity contribution in [3.8, 4) is 11.5 Å². The minimum atomic E-state index is -3.63. The molecule has 2 aromatic rings. The molecular formula is C22H28N4O4S. The fourth-order valence-corrected chi connectivity index (χ4v) is 5.96. The third kappa shape index (κ3) is 4.21. The molecule has 1 aliphatic carbocycles. The number of aromatic nitrogens is 2. The summed E-state index contributed by atoms with van der Waals surface area (Å²) in [6, 6.07) is 4.67.